The van der Waals surface area contributed by atoms with Crippen LogP contribution in [0, 0.1) is 0 Å². The zero-order valence-electron chi connectivity index (χ0n) is 18.8. The molecule has 0 aliphatic heterocycles. The van der Waals surface area contributed by atoms with Crippen LogP contribution in [-0.4, -0.2) is 55.5 Å². The highest BCUT2D eigenvalue weighted by Crippen LogP contribution is 2.39. The summed E-state index contributed by atoms with van der Waals surface area (Å²) in [4.78, 5) is 41.8. The van der Waals surface area contributed by atoms with Gasteiger partial charge in [-0.25, -0.2) is 0 Å². The number of carbonyl (C=O) groups is 2. The summed E-state index contributed by atoms with van der Waals surface area (Å²) in [5.41, 5.74) is 0.822. The third kappa shape index (κ3) is 4.40. The molecule has 2 aromatic heterocycles. The van der Waals surface area contributed by atoms with Crippen LogP contribution in [0.1, 0.15) is 20.0 Å². The standard InChI is InChI=1S/C25H25N3O4S/c1-27(2)14-13-26-24(30)23-21(32-3)20-22(33-23)17-11-7-8-12-18(17)28(25(20)31)15-19(29)16-9-5-4-6-10-16/h4-12H,13-15H2,1-3H3,(H,26,30). The summed E-state index contributed by atoms with van der Waals surface area (Å²) in [6.45, 7) is 1.05. The van der Waals surface area contributed by atoms with Crippen molar-refractivity contribution in [1.82, 2.24) is 14.8 Å². The summed E-state index contributed by atoms with van der Waals surface area (Å²) in [5, 5.41) is 4.00. The van der Waals surface area contributed by atoms with Crippen LogP contribution in [-0.2, 0) is 6.54 Å². The van der Waals surface area contributed by atoms with Crippen LogP contribution in [0.2, 0.25) is 0 Å². The first-order chi connectivity index (χ1) is 15.9. The molecule has 0 spiro atoms. The first-order valence-electron chi connectivity index (χ1n) is 10.6. The Morgan fingerprint density at radius 2 is 1.76 bits per heavy atom. The Hall–Kier alpha value is -3.49. The molecule has 4 aromatic rings. The Balaban J connectivity index is 1.86. The third-order valence-corrected chi connectivity index (χ3v) is 6.62. The number of thiophene rings is 1. The van der Waals surface area contributed by atoms with E-state index in [1.54, 1.807) is 24.3 Å². The minimum absolute atomic E-state index is 0.108. The van der Waals surface area contributed by atoms with E-state index in [9.17, 15) is 14.4 Å². The molecule has 1 N–H and O–H groups in total. The van der Waals surface area contributed by atoms with E-state index in [0.29, 0.717) is 39.1 Å². The van der Waals surface area contributed by atoms with Crippen LogP contribution < -0.4 is 15.6 Å². The van der Waals surface area contributed by atoms with Gasteiger partial charge in [-0.05, 0) is 20.2 Å². The lowest BCUT2D eigenvalue weighted by Crippen LogP contribution is -2.31. The number of methoxy groups -OCH3 is 1. The van der Waals surface area contributed by atoms with Crippen molar-refractivity contribution in [1.29, 1.82) is 0 Å². The molecule has 0 saturated heterocycles. The van der Waals surface area contributed by atoms with Gasteiger partial charge in [0.2, 0.25) is 0 Å². The van der Waals surface area contributed by atoms with Gasteiger partial charge >= 0.3 is 0 Å². The minimum atomic E-state index is -0.353. The maximum absolute atomic E-state index is 13.6. The summed E-state index contributed by atoms with van der Waals surface area (Å²) in [6.07, 6.45) is 0. The number of ether oxygens (including phenoxy) is 1. The van der Waals surface area contributed by atoms with Gasteiger partial charge in [-0.2, -0.15) is 0 Å². The van der Waals surface area contributed by atoms with Crippen molar-refractivity contribution in [3.8, 4) is 5.75 Å². The van der Waals surface area contributed by atoms with Gasteiger partial charge in [0.25, 0.3) is 11.5 Å². The molecule has 0 saturated carbocycles. The fourth-order valence-electron chi connectivity index (χ4n) is 3.78. The van der Waals surface area contributed by atoms with Crippen molar-refractivity contribution < 1.29 is 14.3 Å². The summed E-state index contributed by atoms with van der Waals surface area (Å²) in [5.74, 6) is -0.211. The summed E-state index contributed by atoms with van der Waals surface area (Å²) < 4.78 is 7.71. The fraction of sp³-hybridized carbons (Fsp3) is 0.240. The normalized spacial score (nSPS) is 11.3. The highest BCUT2D eigenvalue weighted by atomic mass is 32.1. The van der Waals surface area contributed by atoms with Crippen LogP contribution in [0.5, 0.6) is 5.75 Å². The summed E-state index contributed by atoms with van der Waals surface area (Å²) in [6, 6.07) is 16.3. The van der Waals surface area contributed by atoms with Gasteiger partial charge in [0.05, 0.1) is 23.9 Å². The van der Waals surface area contributed by atoms with E-state index in [1.165, 1.54) is 23.0 Å². The molecule has 0 aliphatic carbocycles. The van der Waals surface area contributed by atoms with Gasteiger partial charge in [-0.15, -0.1) is 11.3 Å². The monoisotopic (exact) mass is 463 g/mol. The molecule has 0 aliphatic rings. The molecule has 170 valence electrons. The SMILES string of the molecule is COc1c(C(=O)NCCN(C)C)sc2c1c(=O)n(CC(=O)c1ccccc1)c1ccccc21. The van der Waals surface area contributed by atoms with E-state index in [1.807, 2.05) is 49.3 Å². The number of amides is 1. The lowest BCUT2D eigenvalue weighted by molar-refractivity contribution is 0.0949. The number of hydrogen-bond acceptors (Lipinski definition) is 6. The minimum Gasteiger partial charge on any atom is -0.494 e. The Kier molecular flexibility index (Phi) is 6.57. The van der Waals surface area contributed by atoms with E-state index in [-0.39, 0.29) is 29.5 Å². The van der Waals surface area contributed by atoms with E-state index in [4.69, 9.17) is 4.74 Å². The fourth-order valence-corrected chi connectivity index (χ4v) is 4.99. The number of nitrogens with one attached hydrogen (secondary N) is 1. The van der Waals surface area contributed by atoms with Gasteiger partial charge in [-0.3, -0.25) is 19.0 Å². The van der Waals surface area contributed by atoms with E-state index in [0.717, 1.165) is 5.39 Å². The molecular weight excluding hydrogens is 438 g/mol. The van der Waals surface area contributed by atoms with Gasteiger partial charge in [0.15, 0.2) is 11.5 Å². The zero-order valence-corrected chi connectivity index (χ0v) is 19.6. The molecular formula is C25H25N3O4S. The van der Waals surface area contributed by atoms with Crippen molar-refractivity contribution in [2.75, 3.05) is 34.3 Å². The molecule has 2 aromatic carbocycles. The highest BCUT2D eigenvalue weighted by Gasteiger charge is 2.25. The molecule has 1 amide bonds. The number of benzene rings is 2. The number of Topliss-reactive ketones (excluding diaryl/α,β-unsaturated/α-hetero) is 1. The van der Waals surface area contributed by atoms with Crippen molar-refractivity contribution in [2.45, 2.75) is 6.54 Å². The molecule has 7 nitrogen and oxygen atoms in total. The van der Waals surface area contributed by atoms with Crippen LogP contribution in [0.25, 0.3) is 21.0 Å². The maximum atomic E-state index is 13.6. The molecule has 33 heavy (non-hydrogen) atoms. The highest BCUT2D eigenvalue weighted by molar-refractivity contribution is 7.22. The first-order valence-corrected chi connectivity index (χ1v) is 11.4. The molecule has 0 unspecified atom stereocenters. The number of rotatable bonds is 8. The van der Waals surface area contributed by atoms with Crippen LogP contribution in [0.3, 0.4) is 0 Å². The molecule has 8 heteroatoms. The second-order valence-corrected chi connectivity index (χ2v) is 8.95. The zero-order chi connectivity index (χ0) is 23.5. The number of para-hydroxylation sites is 1. The van der Waals surface area contributed by atoms with Crippen molar-refractivity contribution in [3.63, 3.8) is 0 Å². The number of hydrogen-bond donors (Lipinski definition) is 1. The topological polar surface area (TPSA) is 80.6 Å². The Morgan fingerprint density at radius 1 is 1.06 bits per heavy atom. The number of likely N-dealkylation sites (N-methyl/N-ethyl adjacent to an activating group) is 1. The summed E-state index contributed by atoms with van der Waals surface area (Å²) in [7, 11) is 5.31. The lowest BCUT2D eigenvalue weighted by atomic mass is 10.1. The Bertz CT molecular complexity index is 1390. The van der Waals surface area contributed by atoms with E-state index >= 15 is 0 Å². The molecule has 0 fully saturated rings. The lowest BCUT2D eigenvalue weighted by Gasteiger charge is -2.12. The number of carbonyl (C=O) groups excluding carboxylic acids is 2. The van der Waals surface area contributed by atoms with Crippen molar-refractivity contribution in [3.05, 3.63) is 75.4 Å². The number of pyridine rings is 1. The van der Waals surface area contributed by atoms with Gasteiger partial charge in [0, 0.05) is 24.0 Å². The Morgan fingerprint density at radius 3 is 2.45 bits per heavy atom. The molecule has 0 radical (unpaired) electrons. The molecule has 2 heterocycles. The second-order valence-electron chi connectivity index (χ2n) is 7.93. The van der Waals surface area contributed by atoms with Crippen LogP contribution in [0.15, 0.2) is 59.4 Å². The number of ketones is 1. The first kappa shape index (κ1) is 22.7. The number of fused-ring (bicyclic) bond motifs is 3. The van der Waals surface area contributed by atoms with Crippen molar-refractivity contribution >= 4 is 44.0 Å². The average molecular weight is 464 g/mol. The Labute approximate surface area is 195 Å². The van der Waals surface area contributed by atoms with Crippen LogP contribution >= 0.6 is 11.3 Å². The van der Waals surface area contributed by atoms with Gasteiger partial charge in [-0.1, -0.05) is 48.5 Å². The van der Waals surface area contributed by atoms with Gasteiger partial charge < -0.3 is 15.0 Å². The molecule has 0 bridgehead atoms. The quantitative estimate of drug-likeness (QED) is 0.405. The van der Waals surface area contributed by atoms with E-state index < -0.39 is 0 Å². The van der Waals surface area contributed by atoms with E-state index in [2.05, 4.69) is 5.32 Å². The second kappa shape index (κ2) is 9.56. The third-order valence-electron chi connectivity index (χ3n) is 5.42. The van der Waals surface area contributed by atoms with Crippen LogP contribution in [0.4, 0.5) is 0 Å². The summed E-state index contributed by atoms with van der Waals surface area (Å²) >= 11 is 1.23. The molecule has 4 rings (SSSR count). The molecule has 0 atom stereocenters. The average Bonchev–Trinajstić information content (AvgIpc) is 3.22. The number of nitrogens with zero attached hydrogens (tertiary/aromatic N) is 2. The largest absolute Gasteiger partial charge is 0.494 e. The predicted octanol–water partition coefficient (Wildman–Crippen LogP) is 3.40. The number of aromatic nitrogens is 1. The smallest absolute Gasteiger partial charge is 0.265 e. The predicted molar refractivity (Wildman–Crippen MR) is 132 cm³/mol. The van der Waals surface area contributed by atoms with Crippen molar-refractivity contribution in [2.24, 2.45) is 0 Å². The maximum Gasteiger partial charge on any atom is 0.265 e. The van der Waals surface area contributed by atoms with Gasteiger partial charge in [0.1, 0.15) is 10.3 Å².